The molecular weight excluding hydrogens is 424 g/mol. The molecule has 1 aliphatic rings. The molecule has 0 saturated carbocycles. The lowest BCUT2D eigenvalue weighted by Gasteiger charge is -2.05. The Morgan fingerprint density at radius 2 is 1.72 bits per heavy atom. The Balaban J connectivity index is 1.26. The predicted molar refractivity (Wildman–Crippen MR) is 122 cm³/mol. The summed E-state index contributed by atoms with van der Waals surface area (Å²) in [6.07, 6.45) is 0. The van der Waals surface area contributed by atoms with Crippen LogP contribution in [0.2, 0.25) is 0 Å². The van der Waals surface area contributed by atoms with Crippen molar-refractivity contribution < 1.29 is 14.3 Å². The molecule has 1 N–H and O–H groups in total. The number of hydrogen-bond donors (Lipinski definition) is 1. The van der Waals surface area contributed by atoms with Crippen molar-refractivity contribution in [2.45, 2.75) is 11.7 Å². The normalized spacial score (nSPS) is 12.0. The Morgan fingerprint density at radius 3 is 2.53 bits per heavy atom. The number of hydrogen-bond acceptors (Lipinski definition) is 6. The van der Waals surface area contributed by atoms with E-state index in [2.05, 4.69) is 10.4 Å². The first kappa shape index (κ1) is 20.1. The zero-order chi connectivity index (χ0) is 21.8. The second kappa shape index (κ2) is 9.15. The fourth-order valence-electron chi connectivity index (χ4n) is 3.31. The molecule has 8 heteroatoms. The number of carbonyl (C=O) groups excluding carboxylic acids is 1. The fraction of sp³-hybridized carbons (Fsp3) is 0.125. The van der Waals surface area contributed by atoms with Gasteiger partial charge in [0.2, 0.25) is 17.9 Å². The molecule has 1 aliphatic heterocycles. The number of fused-ring (bicyclic) bond motifs is 1. The Kier molecular flexibility index (Phi) is 5.76. The van der Waals surface area contributed by atoms with Crippen LogP contribution in [0.5, 0.6) is 11.5 Å². The van der Waals surface area contributed by atoms with Crippen LogP contribution in [0.25, 0.3) is 17.1 Å². The molecule has 2 heterocycles. The summed E-state index contributed by atoms with van der Waals surface area (Å²) < 4.78 is 12.5. The summed E-state index contributed by atoms with van der Waals surface area (Å²) in [6, 6.07) is 25.4. The molecule has 0 radical (unpaired) electrons. The summed E-state index contributed by atoms with van der Waals surface area (Å²) >= 11 is 1.31. The van der Waals surface area contributed by atoms with Gasteiger partial charge in [0.25, 0.3) is 0 Å². The lowest BCUT2D eigenvalue weighted by Crippen LogP contribution is -2.24. The molecule has 1 amide bonds. The van der Waals surface area contributed by atoms with Gasteiger partial charge in [-0.25, -0.2) is 9.67 Å². The Morgan fingerprint density at radius 1 is 0.969 bits per heavy atom. The van der Waals surface area contributed by atoms with E-state index in [1.807, 2.05) is 83.5 Å². The van der Waals surface area contributed by atoms with Gasteiger partial charge in [0.1, 0.15) is 0 Å². The summed E-state index contributed by atoms with van der Waals surface area (Å²) in [5, 5.41) is 8.12. The largest absolute Gasteiger partial charge is 0.454 e. The molecular formula is C24H20N4O3S. The van der Waals surface area contributed by atoms with E-state index in [0.717, 1.165) is 28.4 Å². The zero-order valence-corrected chi connectivity index (χ0v) is 17.9. The maximum Gasteiger partial charge on any atom is 0.231 e. The third kappa shape index (κ3) is 4.45. The molecule has 0 atom stereocenters. The second-order valence-corrected chi connectivity index (χ2v) is 8.03. The highest BCUT2D eigenvalue weighted by atomic mass is 32.2. The van der Waals surface area contributed by atoms with Crippen LogP contribution >= 0.6 is 11.8 Å². The third-order valence-corrected chi connectivity index (χ3v) is 5.72. The molecule has 0 saturated heterocycles. The zero-order valence-electron chi connectivity index (χ0n) is 17.1. The lowest BCUT2D eigenvalue weighted by atomic mass is 10.2. The fourth-order valence-corrected chi connectivity index (χ4v) is 3.96. The van der Waals surface area contributed by atoms with Crippen molar-refractivity contribution in [3.05, 3.63) is 84.4 Å². The van der Waals surface area contributed by atoms with E-state index >= 15 is 0 Å². The molecule has 0 fully saturated rings. The number of aromatic nitrogens is 3. The Bertz CT molecular complexity index is 1170. The Labute approximate surface area is 189 Å². The summed E-state index contributed by atoms with van der Waals surface area (Å²) in [7, 11) is 0. The van der Waals surface area contributed by atoms with E-state index in [9.17, 15) is 4.79 Å². The number of benzene rings is 3. The smallest absolute Gasteiger partial charge is 0.231 e. The van der Waals surface area contributed by atoms with Gasteiger partial charge in [-0.1, -0.05) is 66.4 Å². The van der Waals surface area contributed by atoms with E-state index < -0.39 is 0 Å². The first-order valence-electron chi connectivity index (χ1n) is 10.1. The van der Waals surface area contributed by atoms with Gasteiger partial charge in [-0.3, -0.25) is 4.79 Å². The number of rotatable bonds is 7. The van der Waals surface area contributed by atoms with Crippen molar-refractivity contribution in [1.29, 1.82) is 0 Å². The SMILES string of the molecule is O=C(CSc1nc(-c2ccccc2)n(-c2ccccc2)n1)NCc1ccc2c(c1)OCO2. The van der Waals surface area contributed by atoms with Crippen LogP contribution in [0.4, 0.5) is 0 Å². The average molecular weight is 445 g/mol. The highest BCUT2D eigenvalue weighted by Crippen LogP contribution is 2.32. The molecule has 0 unspecified atom stereocenters. The van der Waals surface area contributed by atoms with Gasteiger partial charge in [-0.05, 0) is 29.8 Å². The molecule has 32 heavy (non-hydrogen) atoms. The molecule has 4 aromatic rings. The van der Waals surface area contributed by atoms with Crippen LogP contribution in [-0.2, 0) is 11.3 Å². The van der Waals surface area contributed by atoms with Crippen molar-refractivity contribution in [2.24, 2.45) is 0 Å². The number of para-hydroxylation sites is 1. The number of nitrogens with zero attached hydrogens (tertiary/aromatic N) is 3. The molecule has 3 aromatic carbocycles. The van der Waals surface area contributed by atoms with Gasteiger partial charge in [0.15, 0.2) is 17.3 Å². The highest BCUT2D eigenvalue weighted by molar-refractivity contribution is 7.99. The van der Waals surface area contributed by atoms with Crippen LogP contribution < -0.4 is 14.8 Å². The number of amides is 1. The minimum atomic E-state index is -0.0926. The standard InChI is InChI=1S/C24H20N4O3S/c29-22(25-14-17-11-12-20-21(13-17)31-16-30-20)15-32-24-26-23(18-7-3-1-4-8-18)28(27-24)19-9-5-2-6-10-19/h1-13H,14-16H2,(H,25,29). The third-order valence-electron chi connectivity index (χ3n) is 4.88. The average Bonchev–Trinajstić information content (AvgIpc) is 3.49. The van der Waals surface area contributed by atoms with Gasteiger partial charge in [0.05, 0.1) is 11.4 Å². The van der Waals surface area contributed by atoms with E-state index in [-0.39, 0.29) is 18.5 Å². The lowest BCUT2D eigenvalue weighted by molar-refractivity contribution is -0.118. The van der Waals surface area contributed by atoms with Crippen molar-refractivity contribution in [1.82, 2.24) is 20.1 Å². The van der Waals surface area contributed by atoms with Crippen LogP contribution in [-0.4, -0.2) is 33.2 Å². The maximum atomic E-state index is 12.4. The quantitative estimate of drug-likeness (QED) is 0.433. The van der Waals surface area contributed by atoms with Gasteiger partial charge >= 0.3 is 0 Å². The molecule has 5 rings (SSSR count). The minimum absolute atomic E-state index is 0.0926. The van der Waals surface area contributed by atoms with E-state index in [1.54, 1.807) is 0 Å². The van der Waals surface area contributed by atoms with Gasteiger partial charge in [-0.15, -0.1) is 5.10 Å². The molecule has 0 spiro atoms. The van der Waals surface area contributed by atoms with E-state index in [0.29, 0.717) is 17.5 Å². The van der Waals surface area contributed by atoms with E-state index in [4.69, 9.17) is 14.5 Å². The second-order valence-electron chi connectivity index (χ2n) is 7.08. The molecule has 0 bridgehead atoms. The van der Waals surface area contributed by atoms with Crippen LogP contribution in [0.1, 0.15) is 5.56 Å². The summed E-state index contributed by atoms with van der Waals surface area (Å²) in [4.78, 5) is 17.1. The number of ether oxygens (including phenoxy) is 2. The van der Waals surface area contributed by atoms with Crippen molar-refractivity contribution in [3.63, 3.8) is 0 Å². The van der Waals surface area contributed by atoms with Crippen LogP contribution in [0.15, 0.2) is 84.0 Å². The highest BCUT2D eigenvalue weighted by Gasteiger charge is 2.16. The van der Waals surface area contributed by atoms with Gasteiger partial charge in [-0.2, -0.15) is 0 Å². The van der Waals surface area contributed by atoms with E-state index in [1.165, 1.54) is 11.8 Å². The number of thioether (sulfide) groups is 1. The maximum absolute atomic E-state index is 12.4. The van der Waals surface area contributed by atoms with Gasteiger partial charge in [0, 0.05) is 12.1 Å². The Hall–Kier alpha value is -3.78. The van der Waals surface area contributed by atoms with Crippen molar-refractivity contribution in [3.8, 4) is 28.6 Å². The topological polar surface area (TPSA) is 78.3 Å². The number of carbonyl (C=O) groups is 1. The minimum Gasteiger partial charge on any atom is -0.454 e. The summed E-state index contributed by atoms with van der Waals surface area (Å²) in [6.45, 7) is 0.645. The molecule has 0 aliphatic carbocycles. The molecule has 7 nitrogen and oxygen atoms in total. The summed E-state index contributed by atoms with van der Waals surface area (Å²) in [5.74, 6) is 2.29. The predicted octanol–water partition coefficient (Wildman–Crippen LogP) is 4.07. The van der Waals surface area contributed by atoms with Crippen molar-refractivity contribution in [2.75, 3.05) is 12.5 Å². The first-order valence-corrected chi connectivity index (χ1v) is 11.1. The monoisotopic (exact) mass is 444 g/mol. The van der Waals surface area contributed by atoms with Crippen molar-refractivity contribution >= 4 is 17.7 Å². The van der Waals surface area contributed by atoms with Gasteiger partial charge < -0.3 is 14.8 Å². The molecule has 1 aromatic heterocycles. The van der Waals surface area contributed by atoms with Crippen LogP contribution in [0.3, 0.4) is 0 Å². The number of nitrogens with one attached hydrogen (secondary N) is 1. The molecule has 160 valence electrons. The first-order chi connectivity index (χ1) is 15.8. The van der Waals surface area contributed by atoms with Crippen LogP contribution in [0, 0.1) is 0 Å². The summed E-state index contributed by atoms with van der Waals surface area (Å²) in [5.41, 5.74) is 2.83.